The lowest BCUT2D eigenvalue weighted by Gasteiger charge is -2.14. The summed E-state index contributed by atoms with van der Waals surface area (Å²) in [7, 11) is 3.25. The monoisotopic (exact) mass is 502 g/mol. The van der Waals surface area contributed by atoms with Crippen molar-refractivity contribution in [2.75, 3.05) is 20.8 Å². The summed E-state index contributed by atoms with van der Waals surface area (Å²) in [5.74, 6) is 3.56. The number of aromatic nitrogens is 1. The van der Waals surface area contributed by atoms with E-state index in [-0.39, 0.29) is 29.4 Å². The van der Waals surface area contributed by atoms with Crippen LogP contribution < -0.4 is 20.1 Å². The van der Waals surface area contributed by atoms with Crippen LogP contribution in [0.15, 0.2) is 33.8 Å². The first kappa shape index (κ1) is 24.1. The highest BCUT2D eigenvalue weighted by atomic mass is 127. The van der Waals surface area contributed by atoms with Gasteiger partial charge in [-0.2, -0.15) is 0 Å². The van der Waals surface area contributed by atoms with Crippen molar-refractivity contribution < 1.29 is 13.9 Å². The van der Waals surface area contributed by atoms with Gasteiger partial charge in [0.15, 0.2) is 17.5 Å². The number of ether oxygens (including phenoxy) is 2. The second kappa shape index (κ2) is 11.1. The molecule has 0 spiro atoms. The van der Waals surface area contributed by atoms with Gasteiger partial charge < -0.3 is 24.5 Å². The molecule has 1 heterocycles. The van der Waals surface area contributed by atoms with E-state index < -0.39 is 0 Å². The maximum absolute atomic E-state index is 5.81. The van der Waals surface area contributed by atoms with Crippen molar-refractivity contribution in [1.29, 1.82) is 0 Å². The van der Waals surface area contributed by atoms with Crippen molar-refractivity contribution in [3.63, 3.8) is 0 Å². The van der Waals surface area contributed by atoms with Crippen LogP contribution in [-0.2, 0) is 18.5 Å². The molecule has 0 saturated heterocycles. The number of guanidine groups is 1. The van der Waals surface area contributed by atoms with Gasteiger partial charge in [0.25, 0.3) is 0 Å². The highest BCUT2D eigenvalue weighted by Gasteiger charge is 2.19. The van der Waals surface area contributed by atoms with E-state index in [1.54, 1.807) is 20.4 Å². The zero-order valence-corrected chi connectivity index (χ0v) is 19.8. The van der Waals surface area contributed by atoms with Gasteiger partial charge in [-0.3, -0.25) is 0 Å². The van der Waals surface area contributed by atoms with Gasteiger partial charge in [-0.25, -0.2) is 9.98 Å². The Morgan fingerprint density at radius 1 is 1.18 bits per heavy atom. The molecule has 0 fully saturated rings. The lowest BCUT2D eigenvalue weighted by Crippen LogP contribution is -2.36. The summed E-state index contributed by atoms with van der Waals surface area (Å²) in [5, 5.41) is 6.47. The van der Waals surface area contributed by atoms with Crippen LogP contribution in [0.5, 0.6) is 11.5 Å². The highest BCUT2D eigenvalue weighted by Crippen LogP contribution is 2.31. The summed E-state index contributed by atoms with van der Waals surface area (Å²) in [6.45, 7) is 9.96. The molecule has 0 saturated carbocycles. The van der Waals surface area contributed by atoms with Gasteiger partial charge in [-0.05, 0) is 13.0 Å². The van der Waals surface area contributed by atoms with Crippen LogP contribution >= 0.6 is 24.0 Å². The third-order valence-corrected chi connectivity index (χ3v) is 3.94. The molecular weight excluding hydrogens is 471 g/mol. The van der Waals surface area contributed by atoms with Crippen LogP contribution in [0.3, 0.4) is 0 Å². The molecule has 7 nitrogen and oxygen atoms in total. The van der Waals surface area contributed by atoms with E-state index in [4.69, 9.17) is 13.9 Å². The van der Waals surface area contributed by atoms with Gasteiger partial charge in [0.05, 0.1) is 33.5 Å². The van der Waals surface area contributed by atoms with Crippen LogP contribution in [0.4, 0.5) is 0 Å². The zero-order valence-electron chi connectivity index (χ0n) is 17.5. The predicted octanol–water partition coefficient (Wildman–Crippen LogP) is 3.86. The topological polar surface area (TPSA) is 80.9 Å². The fourth-order valence-electron chi connectivity index (χ4n) is 2.48. The van der Waals surface area contributed by atoms with Gasteiger partial charge >= 0.3 is 0 Å². The van der Waals surface area contributed by atoms with Crippen molar-refractivity contribution in [1.82, 2.24) is 15.6 Å². The summed E-state index contributed by atoms with van der Waals surface area (Å²) in [5.41, 5.74) is 0.882. The third kappa shape index (κ3) is 6.57. The second-order valence-corrected chi connectivity index (χ2v) is 7.07. The first-order chi connectivity index (χ1) is 12.9. The molecule has 1 aromatic heterocycles. The standard InChI is InChI=1S/C20H30N4O3.HI/c1-7-21-19(24-13-17-22-12-16(27-17)20(2,3)4)23-11-14-9-8-10-15(25-5)18(14)26-6;/h8-10,12H,7,11,13H2,1-6H3,(H2,21,23,24);1H. The number of aliphatic imine (C=N–C) groups is 1. The lowest BCUT2D eigenvalue weighted by atomic mass is 9.94. The van der Waals surface area contributed by atoms with E-state index in [0.717, 1.165) is 17.9 Å². The summed E-state index contributed by atoms with van der Waals surface area (Å²) in [6, 6.07) is 5.76. The molecular formula is C20H31IN4O3. The molecule has 0 atom stereocenters. The number of methoxy groups -OCH3 is 2. The third-order valence-electron chi connectivity index (χ3n) is 3.94. The molecule has 28 heavy (non-hydrogen) atoms. The number of oxazole rings is 1. The number of nitrogens with one attached hydrogen (secondary N) is 2. The van der Waals surface area contributed by atoms with Crippen molar-refractivity contribution >= 4 is 29.9 Å². The summed E-state index contributed by atoms with van der Waals surface area (Å²) >= 11 is 0. The first-order valence-corrected chi connectivity index (χ1v) is 9.06. The Labute approximate surface area is 184 Å². The largest absolute Gasteiger partial charge is 0.493 e. The average molecular weight is 502 g/mol. The van der Waals surface area contributed by atoms with E-state index in [1.165, 1.54) is 0 Å². The number of nitrogens with zero attached hydrogens (tertiary/aromatic N) is 2. The van der Waals surface area contributed by atoms with Crippen LogP contribution in [0.1, 0.15) is 44.9 Å². The molecule has 0 aliphatic rings. The fourth-order valence-corrected chi connectivity index (χ4v) is 2.48. The van der Waals surface area contributed by atoms with Crippen molar-refractivity contribution in [3.8, 4) is 11.5 Å². The number of benzene rings is 1. The Morgan fingerprint density at radius 3 is 2.50 bits per heavy atom. The zero-order chi connectivity index (χ0) is 19.9. The SMILES string of the molecule is CCNC(=NCc1cccc(OC)c1OC)NCc1ncc(C(C)(C)C)o1.I. The maximum atomic E-state index is 5.81. The average Bonchev–Trinajstić information content (AvgIpc) is 3.13. The molecule has 0 bridgehead atoms. The molecule has 2 N–H and O–H groups in total. The van der Waals surface area contributed by atoms with E-state index in [2.05, 4.69) is 41.4 Å². The van der Waals surface area contributed by atoms with Crippen LogP contribution in [-0.4, -0.2) is 31.7 Å². The van der Waals surface area contributed by atoms with Crippen molar-refractivity contribution in [2.24, 2.45) is 4.99 Å². The minimum atomic E-state index is -0.0627. The van der Waals surface area contributed by atoms with Gasteiger partial charge in [-0.1, -0.05) is 32.9 Å². The molecule has 8 heteroatoms. The minimum absolute atomic E-state index is 0. The number of rotatable bonds is 7. The molecule has 1 aromatic carbocycles. The lowest BCUT2D eigenvalue weighted by molar-refractivity contribution is 0.352. The van der Waals surface area contributed by atoms with E-state index in [0.29, 0.717) is 36.4 Å². The quantitative estimate of drug-likeness (QED) is 0.340. The van der Waals surface area contributed by atoms with Crippen molar-refractivity contribution in [3.05, 3.63) is 41.6 Å². The Balaban J connectivity index is 0.00000392. The molecule has 0 aliphatic heterocycles. The Morgan fingerprint density at radius 2 is 1.93 bits per heavy atom. The normalized spacial score (nSPS) is 11.6. The smallest absolute Gasteiger partial charge is 0.213 e. The Bertz CT molecular complexity index is 769. The van der Waals surface area contributed by atoms with E-state index in [9.17, 15) is 0 Å². The molecule has 0 amide bonds. The van der Waals surface area contributed by atoms with Crippen molar-refractivity contribution in [2.45, 2.75) is 46.2 Å². The van der Waals surface area contributed by atoms with Gasteiger partial charge in [0.2, 0.25) is 5.89 Å². The highest BCUT2D eigenvalue weighted by molar-refractivity contribution is 14.0. The molecule has 0 aliphatic carbocycles. The second-order valence-electron chi connectivity index (χ2n) is 7.07. The maximum Gasteiger partial charge on any atom is 0.213 e. The van der Waals surface area contributed by atoms with Crippen LogP contribution in [0.25, 0.3) is 0 Å². The predicted molar refractivity (Wildman–Crippen MR) is 122 cm³/mol. The van der Waals surface area contributed by atoms with Gasteiger partial charge in [-0.15, -0.1) is 24.0 Å². The number of para-hydroxylation sites is 1. The minimum Gasteiger partial charge on any atom is -0.493 e. The molecule has 0 unspecified atom stereocenters. The number of hydrogen-bond donors (Lipinski definition) is 2. The van der Waals surface area contributed by atoms with Gasteiger partial charge in [0.1, 0.15) is 5.76 Å². The van der Waals surface area contributed by atoms with E-state index >= 15 is 0 Å². The molecule has 0 radical (unpaired) electrons. The van der Waals surface area contributed by atoms with Gasteiger partial charge in [0, 0.05) is 17.5 Å². The Hall–Kier alpha value is -1.97. The summed E-state index contributed by atoms with van der Waals surface area (Å²) in [6.07, 6.45) is 1.78. The first-order valence-electron chi connectivity index (χ1n) is 9.06. The molecule has 2 aromatic rings. The molecule has 156 valence electrons. The fraction of sp³-hybridized carbons (Fsp3) is 0.500. The summed E-state index contributed by atoms with van der Waals surface area (Å²) in [4.78, 5) is 8.96. The Kier molecular flexibility index (Phi) is 9.57. The number of halogens is 1. The van der Waals surface area contributed by atoms with Crippen LogP contribution in [0.2, 0.25) is 0 Å². The van der Waals surface area contributed by atoms with E-state index in [1.807, 2.05) is 25.1 Å². The molecule has 2 rings (SSSR count). The number of hydrogen-bond acceptors (Lipinski definition) is 5. The van der Waals surface area contributed by atoms with Crippen LogP contribution in [0, 0.1) is 0 Å². The summed E-state index contributed by atoms with van der Waals surface area (Å²) < 4.78 is 16.6.